The van der Waals surface area contributed by atoms with Gasteiger partial charge in [0.15, 0.2) is 5.16 Å². The molecule has 0 unspecified atom stereocenters. The van der Waals surface area contributed by atoms with Gasteiger partial charge in [0, 0.05) is 44.9 Å². The molecule has 0 aliphatic carbocycles. The fourth-order valence-electron chi connectivity index (χ4n) is 1.32. The van der Waals surface area contributed by atoms with E-state index in [2.05, 4.69) is 17.2 Å². The number of nitrogens with zero attached hydrogens (tertiary/aromatic N) is 2. The Morgan fingerprint density at radius 2 is 2.29 bits per heavy atom. The molecule has 0 aliphatic heterocycles. The fourth-order valence-corrected chi connectivity index (χ4v) is 2.15. The largest absolute Gasteiger partial charge is 0.380 e. The molecule has 98 valence electrons. The van der Waals surface area contributed by atoms with E-state index in [0.717, 1.165) is 43.6 Å². The second-order valence-corrected chi connectivity index (χ2v) is 4.95. The number of aromatic nitrogens is 2. The molecule has 1 aromatic rings. The number of ether oxygens (including phenoxy) is 1. The molecule has 1 aromatic heterocycles. The molecule has 0 fully saturated rings. The van der Waals surface area contributed by atoms with Crippen molar-refractivity contribution in [1.82, 2.24) is 14.9 Å². The van der Waals surface area contributed by atoms with Crippen LogP contribution < -0.4 is 5.32 Å². The number of thioether (sulfide) groups is 1. The zero-order chi connectivity index (χ0) is 12.3. The third kappa shape index (κ3) is 6.71. The summed E-state index contributed by atoms with van der Waals surface area (Å²) in [6.07, 6.45) is 6.16. The first kappa shape index (κ1) is 14.5. The maximum Gasteiger partial charge on any atom is 0.167 e. The average Bonchev–Trinajstić information content (AvgIpc) is 2.73. The molecule has 0 saturated heterocycles. The van der Waals surface area contributed by atoms with Crippen LogP contribution >= 0.6 is 11.8 Å². The summed E-state index contributed by atoms with van der Waals surface area (Å²) in [5.74, 6) is 1.04. The number of imidazole rings is 1. The van der Waals surface area contributed by atoms with E-state index < -0.39 is 0 Å². The number of aryl methyl sites for hydroxylation is 1. The fraction of sp³-hybridized carbons (Fsp3) is 0.750. The van der Waals surface area contributed by atoms with Gasteiger partial charge in [-0.1, -0.05) is 25.1 Å². The second kappa shape index (κ2) is 9.50. The van der Waals surface area contributed by atoms with Gasteiger partial charge in [-0.3, -0.25) is 0 Å². The Balaban J connectivity index is 1.86. The highest BCUT2D eigenvalue weighted by atomic mass is 32.2. The number of hydrogen-bond acceptors (Lipinski definition) is 4. The molecule has 0 bridgehead atoms. The maximum atomic E-state index is 5.46. The van der Waals surface area contributed by atoms with E-state index in [-0.39, 0.29) is 0 Å². The van der Waals surface area contributed by atoms with E-state index in [4.69, 9.17) is 4.74 Å². The van der Waals surface area contributed by atoms with E-state index in [0.29, 0.717) is 0 Å². The van der Waals surface area contributed by atoms with Gasteiger partial charge in [0.2, 0.25) is 0 Å². The highest BCUT2D eigenvalue weighted by Gasteiger charge is 1.98. The van der Waals surface area contributed by atoms with Crippen molar-refractivity contribution in [3.8, 4) is 0 Å². The maximum absolute atomic E-state index is 5.46. The molecule has 0 spiro atoms. The quantitative estimate of drug-likeness (QED) is 0.513. The van der Waals surface area contributed by atoms with Gasteiger partial charge >= 0.3 is 0 Å². The summed E-state index contributed by atoms with van der Waals surface area (Å²) in [5, 5.41) is 4.44. The Morgan fingerprint density at radius 1 is 1.41 bits per heavy atom. The molecule has 0 radical (unpaired) electrons. The molecule has 17 heavy (non-hydrogen) atoms. The summed E-state index contributed by atoms with van der Waals surface area (Å²) in [4.78, 5) is 4.26. The van der Waals surface area contributed by atoms with Gasteiger partial charge in [0.25, 0.3) is 0 Å². The minimum absolute atomic E-state index is 0.813. The van der Waals surface area contributed by atoms with Crippen molar-refractivity contribution in [2.75, 3.05) is 32.1 Å². The van der Waals surface area contributed by atoms with Gasteiger partial charge in [-0.25, -0.2) is 4.98 Å². The van der Waals surface area contributed by atoms with Crippen molar-refractivity contribution >= 4 is 11.8 Å². The van der Waals surface area contributed by atoms with Crippen LogP contribution in [0.25, 0.3) is 0 Å². The topological polar surface area (TPSA) is 39.1 Å². The first-order valence-corrected chi connectivity index (χ1v) is 7.21. The van der Waals surface area contributed by atoms with Gasteiger partial charge in [-0.15, -0.1) is 0 Å². The summed E-state index contributed by atoms with van der Waals surface area (Å²) >= 11 is 1.77. The molecular formula is C12H23N3OS. The Morgan fingerprint density at radius 3 is 3.00 bits per heavy atom. The number of rotatable bonds is 10. The highest BCUT2D eigenvalue weighted by molar-refractivity contribution is 7.99. The zero-order valence-electron chi connectivity index (χ0n) is 10.8. The first-order valence-electron chi connectivity index (χ1n) is 6.23. The second-order valence-electron chi connectivity index (χ2n) is 3.89. The van der Waals surface area contributed by atoms with Crippen LogP contribution in [0.5, 0.6) is 0 Å². The van der Waals surface area contributed by atoms with Crippen LogP contribution in [0.4, 0.5) is 0 Å². The van der Waals surface area contributed by atoms with Gasteiger partial charge in [-0.2, -0.15) is 0 Å². The number of unbranched alkanes of at least 4 members (excludes halogenated alkanes) is 1. The van der Waals surface area contributed by atoms with Crippen LogP contribution in [-0.4, -0.2) is 41.6 Å². The van der Waals surface area contributed by atoms with E-state index in [1.54, 1.807) is 11.8 Å². The Kier molecular flexibility index (Phi) is 8.13. The molecule has 0 aromatic carbocycles. The predicted octanol–water partition coefficient (Wildman–Crippen LogP) is 1.92. The van der Waals surface area contributed by atoms with Crippen molar-refractivity contribution in [2.45, 2.75) is 24.9 Å². The summed E-state index contributed by atoms with van der Waals surface area (Å²) in [6.45, 7) is 5.81. The standard InChI is InChI=1S/C12H23N3OS/c1-3-4-9-16-10-6-13-7-11-17-12-14-5-8-15(12)2/h5,8,13H,3-4,6-7,9-11H2,1-2H3. The summed E-state index contributed by atoms with van der Waals surface area (Å²) < 4.78 is 7.50. The molecule has 5 heteroatoms. The van der Waals surface area contributed by atoms with Crippen molar-refractivity contribution in [2.24, 2.45) is 7.05 Å². The minimum atomic E-state index is 0.813. The summed E-state index contributed by atoms with van der Waals surface area (Å²) in [6, 6.07) is 0. The van der Waals surface area contributed by atoms with Crippen molar-refractivity contribution in [3.05, 3.63) is 12.4 Å². The smallest absolute Gasteiger partial charge is 0.167 e. The summed E-state index contributed by atoms with van der Waals surface area (Å²) in [7, 11) is 2.02. The predicted molar refractivity (Wildman–Crippen MR) is 72.5 cm³/mol. The Labute approximate surface area is 108 Å². The normalized spacial score (nSPS) is 10.9. The van der Waals surface area contributed by atoms with E-state index in [9.17, 15) is 0 Å². The molecule has 0 amide bonds. The van der Waals surface area contributed by atoms with E-state index >= 15 is 0 Å². The average molecular weight is 257 g/mol. The van der Waals surface area contributed by atoms with E-state index in [1.165, 1.54) is 6.42 Å². The SMILES string of the molecule is CCCCOCCNCCSc1nccn1C. The molecule has 1 rings (SSSR count). The van der Waals surface area contributed by atoms with Gasteiger partial charge in [0.1, 0.15) is 0 Å². The lowest BCUT2D eigenvalue weighted by Crippen LogP contribution is -2.22. The first-order chi connectivity index (χ1) is 8.34. The molecule has 1 N–H and O–H groups in total. The van der Waals surface area contributed by atoms with Crippen LogP contribution in [0.3, 0.4) is 0 Å². The van der Waals surface area contributed by atoms with Crippen molar-refractivity contribution < 1.29 is 4.74 Å². The van der Waals surface area contributed by atoms with Crippen molar-refractivity contribution in [3.63, 3.8) is 0 Å². The van der Waals surface area contributed by atoms with Crippen LogP contribution in [0, 0.1) is 0 Å². The van der Waals surface area contributed by atoms with Gasteiger partial charge < -0.3 is 14.6 Å². The van der Waals surface area contributed by atoms with Crippen LogP contribution in [0.1, 0.15) is 19.8 Å². The Hall–Kier alpha value is -0.520. The van der Waals surface area contributed by atoms with Crippen molar-refractivity contribution in [1.29, 1.82) is 0 Å². The number of nitrogens with one attached hydrogen (secondary N) is 1. The Bertz CT molecular complexity index is 291. The van der Waals surface area contributed by atoms with Gasteiger partial charge in [0.05, 0.1) is 6.61 Å². The van der Waals surface area contributed by atoms with Crippen LogP contribution in [0.15, 0.2) is 17.6 Å². The van der Waals surface area contributed by atoms with E-state index in [1.807, 2.05) is 24.0 Å². The molecule has 4 nitrogen and oxygen atoms in total. The minimum Gasteiger partial charge on any atom is -0.380 e. The molecule has 0 aliphatic rings. The lowest BCUT2D eigenvalue weighted by atomic mass is 10.4. The third-order valence-corrected chi connectivity index (χ3v) is 3.41. The molecular weight excluding hydrogens is 234 g/mol. The lowest BCUT2D eigenvalue weighted by molar-refractivity contribution is 0.133. The summed E-state index contributed by atoms with van der Waals surface area (Å²) in [5.41, 5.74) is 0. The number of hydrogen-bond donors (Lipinski definition) is 1. The molecule has 1 heterocycles. The lowest BCUT2D eigenvalue weighted by Gasteiger charge is -2.05. The zero-order valence-corrected chi connectivity index (χ0v) is 11.6. The highest BCUT2D eigenvalue weighted by Crippen LogP contribution is 2.12. The molecule has 0 atom stereocenters. The monoisotopic (exact) mass is 257 g/mol. The van der Waals surface area contributed by atoms with Gasteiger partial charge in [-0.05, 0) is 6.42 Å². The van der Waals surface area contributed by atoms with Crippen LogP contribution in [-0.2, 0) is 11.8 Å². The van der Waals surface area contributed by atoms with Crippen LogP contribution in [0.2, 0.25) is 0 Å². The molecule has 0 saturated carbocycles. The third-order valence-electron chi connectivity index (χ3n) is 2.35.